The molecule has 1 aliphatic rings. The largest absolute Gasteiger partial charge is 0.497 e. The Morgan fingerprint density at radius 3 is 1.71 bits per heavy atom. The average molecular weight is 697 g/mol. The molecule has 0 aliphatic carbocycles. The fraction of sp³-hybridized carbons (Fsp3) is 0.214. The van der Waals surface area contributed by atoms with Gasteiger partial charge in [-0.3, -0.25) is 14.6 Å². The predicted octanol–water partition coefficient (Wildman–Crippen LogP) is 7.04. The maximum atomic E-state index is 13.2. The molecule has 4 aromatic carbocycles. The number of anilines is 1. The van der Waals surface area contributed by atoms with Crippen LogP contribution in [0.1, 0.15) is 23.1 Å². The van der Waals surface area contributed by atoms with Crippen LogP contribution in [0.15, 0.2) is 113 Å². The van der Waals surface area contributed by atoms with E-state index in [-0.39, 0.29) is 11.1 Å². The van der Waals surface area contributed by atoms with Crippen molar-refractivity contribution in [1.82, 2.24) is 14.1 Å². The summed E-state index contributed by atoms with van der Waals surface area (Å²) in [7, 11) is 6.54. The summed E-state index contributed by atoms with van der Waals surface area (Å²) in [4.78, 5) is 30.8. The first-order valence-corrected chi connectivity index (χ1v) is 17.1. The number of benzene rings is 4. The third-order valence-electron chi connectivity index (χ3n) is 9.51. The number of hydrogen-bond donors (Lipinski definition) is 1. The Labute approximate surface area is 300 Å². The van der Waals surface area contributed by atoms with Crippen molar-refractivity contribution >= 4 is 38.4 Å². The van der Waals surface area contributed by atoms with Crippen molar-refractivity contribution in [2.45, 2.75) is 25.9 Å². The number of hydrogen-bond acceptors (Lipinski definition) is 8. The Morgan fingerprint density at radius 1 is 0.615 bits per heavy atom. The lowest BCUT2D eigenvalue weighted by Crippen LogP contribution is -2.29. The van der Waals surface area contributed by atoms with E-state index >= 15 is 0 Å². The maximum absolute atomic E-state index is 13.2. The topological polar surface area (TPSA) is 106 Å². The molecule has 0 unspecified atom stereocenters. The second kappa shape index (κ2) is 14.9. The Hall–Kier alpha value is -6.29. The van der Waals surface area contributed by atoms with Gasteiger partial charge in [-0.25, -0.2) is 0 Å². The van der Waals surface area contributed by atoms with Crippen LogP contribution in [0.3, 0.4) is 0 Å². The van der Waals surface area contributed by atoms with E-state index in [1.54, 1.807) is 45.3 Å². The monoisotopic (exact) mass is 696 g/mol. The van der Waals surface area contributed by atoms with Crippen molar-refractivity contribution in [2.75, 3.05) is 40.3 Å². The number of nitrogens with one attached hydrogen (secondary N) is 1. The molecule has 7 aromatic rings. The van der Waals surface area contributed by atoms with Gasteiger partial charge in [-0.2, -0.15) is 0 Å². The third kappa shape index (κ3) is 6.62. The van der Waals surface area contributed by atoms with Crippen LogP contribution in [0, 0.1) is 0 Å². The van der Waals surface area contributed by atoms with E-state index in [0.717, 1.165) is 80.8 Å². The molecule has 0 radical (unpaired) electrons. The lowest BCUT2D eigenvalue weighted by Gasteiger charge is -2.23. The normalized spacial score (nSPS) is 12.1. The van der Waals surface area contributed by atoms with Gasteiger partial charge >= 0.3 is 0 Å². The highest BCUT2D eigenvalue weighted by Gasteiger charge is 2.20. The second-order valence-corrected chi connectivity index (χ2v) is 12.5. The van der Waals surface area contributed by atoms with Crippen molar-refractivity contribution in [3.63, 3.8) is 0 Å². The van der Waals surface area contributed by atoms with Gasteiger partial charge < -0.3 is 33.4 Å². The van der Waals surface area contributed by atoms with E-state index in [1.807, 2.05) is 95.6 Å². The molecule has 264 valence electrons. The van der Waals surface area contributed by atoms with Crippen LogP contribution < -0.4 is 35.4 Å². The maximum Gasteiger partial charge on any atom is 0.260 e. The highest BCUT2D eigenvalue weighted by Crippen LogP contribution is 2.32. The Kier molecular flexibility index (Phi) is 9.79. The molecule has 10 nitrogen and oxygen atoms in total. The summed E-state index contributed by atoms with van der Waals surface area (Å²) in [5.74, 6) is 3.05. The van der Waals surface area contributed by atoms with E-state index in [1.165, 1.54) is 0 Å². The van der Waals surface area contributed by atoms with Gasteiger partial charge in [0.15, 0.2) is 0 Å². The quantitative estimate of drug-likeness (QED) is 0.169. The molecular formula is C42H40N4O6. The van der Waals surface area contributed by atoms with Crippen LogP contribution in [-0.4, -0.2) is 49.1 Å². The molecule has 0 fully saturated rings. The predicted molar refractivity (Wildman–Crippen MR) is 206 cm³/mol. The minimum absolute atomic E-state index is 0.0651. The van der Waals surface area contributed by atoms with Gasteiger partial charge in [0.2, 0.25) is 0 Å². The lowest BCUT2D eigenvalue weighted by atomic mass is 10.0. The summed E-state index contributed by atoms with van der Waals surface area (Å²) < 4.78 is 24.8. The molecular weight excluding hydrogens is 656 g/mol. The van der Waals surface area contributed by atoms with Gasteiger partial charge in [0, 0.05) is 41.2 Å². The van der Waals surface area contributed by atoms with Crippen molar-refractivity contribution in [3.8, 4) is 23.0 Å². The number of fused-ring (bicyclic) bond motifs is 6. The summed E-state index contributed by atoms with van der Waals surface area (Å²) in [5, 5.41) is 6.02. The van der Waals surface area contributed by atoms with Crippen molar-refractivity contribution in [1.29, 1.82) is 0 Å². The van der Waals surface area contributed by atoms with Crippen LogP contribution >= 0.6 is 0 Å². The first-order chi connectivity index (χ1) is 25.4. The summed E-state index contributed by atoms with van der Waals surface area (Å²) in [5.41, 5.74) is 6.33. The van der Waals surface area contributed by atoms with E-state index in [4.69, 9.17) is 18.9 Å². The number of ether oxygens (including phenoxy) is 4. The summed E-state index contributed by atoms with van der Waals surface area (Å²) in [6.07, 6.45) is 3.50. The number of nitrogens with zero attached hydrogens (tertiary/aromatic N) is 3. The van der Waals surface area contributed by atoms with Crippen LogP contribution in [0.2, 0.25) is 0 Å². The number of aromatic nitrogens is 3. The number of rotatable bonds is 8. The van der Waals surface area contributed by atoms with Crippen molar-refractivity contribution in [3.05, 3.63) is 141 Å². The molecule has 0 saturated carbocycles. The van der Waals surface area contributed by atoms with Gasteiger partial charge in [0.1, 0.15) is 23.0 Å². The molecule has 10 heteroatoms. The zero-order valence-corrected chi connectivity index (χ0v) is 29.6. The Bertz CT molecular complexity index is 2510. The molecule has 8 rings (SSSR count). The molecule has 1 N–H and O–H groups in total. The molecule has 1 aliphatic heterocycles. The zero-order valence-electron chi connectivity index (χ0n) is 29.6. The molecule has 0 atom stereocenters. The summed E-state index contributed by atoms with van der Waals surface area (Å²) >= 11 is 0. The van der Waals surface area contributed by atoms with Crippen LogP contribution in [0.4, 0.5) is 5.69 Å². The minimum atomic E-state index is -0.0651. The smallest absolute Gasteiger partial charge is 0.260 e. The minimum Gasteiger partial charge on any atom is -0.497 e. The van der Waals surface area contributed by atoms with E-state index in [9.17, 15) is 9.59 Å². The van der Waals surface area contributed by atoms with Crippen molar-refractivity contribution < 1.29 is 18.9 Å². The van der Waals surface area contributed by atoms with Gasteiger partial charge in [-0.1, -0.05) is 24.3 Å². The molecule has 0 spiro atoms. The van der Waals surface area contributed by atoms with Gasteiger partial charge in [-0.15, -0.1) is 0 Å². The first-order valence-electron chi connectivity index (χ1n) is 17.1. The standard InChI is InChI=1S/C21H22N2O3.C21H18N2O3/c2*1-25-15-7-5-14(6-8-15)13-23-19-12-16(26-2)9-10-17(19)20-18(21(23)24)4-3-11-22-20/h5-10,12,22H,3-4,11,13H2,1-2H3;3-12H,13H2,1-2H3. The van der Waals surface area contributed by atoms with Crippen LogP contribution in [-0.2, 0) is 19.5 Å². The van der Waals surface area contributed by atoms with E-state index < -0.39 is 0 Å². The Balaban J connectivity index is 0.000000162. The van der Waals surface area contributed by atoms with Gasteiger partial charge in [-0.05, 0) is 84.6 Å². The lowest BCUT2D eigenvalue weighted by molar-refractivity contribution is 0.414. The summed E-state index contributed by atoms with van der Waals surface area (Å²) in [6, 6.07) is 30.8. The SMILES string of the molecule is COc1ccc(Cn2c(=O)c3c(c4ccc(OC)cc42)NCCC3)cc1.COc1ccc(Cn2c(=O)c3cccnc3c3ccc(OC)cc32)cc1. The highest BCUT2D eigenvalue weighted by molar-refractivity contribution is 6.03. The molecule has 3 aromatic heterocycles. The van der Waals surface area contributed by atoms with Crippen LogP contribution in [0.25, 0.3) is 32.7 Å². The first kappa shape index (κ1) is 34.2. The fourth-order valence-corrected chi connectivity index (χ4v) is 6.78. The molecule has 0 amide bonds. The molecule has 52 heavy (non-hydrogen) atoms. The van der Waals surface area contributed by atoms with Crippen LogP contribution in [0.5, 0.6) is 23.0 Å². The zero-order chi connectivity index (χ0) is 36.2. The molecule has 0 saturated heterocycles. The summed E-state index contributed by atoms with van der Waals surface area (Å²) in [6.45, 7) is 1.87. The van der Waals surface area contributed by atoms with E-state index in [2.05, 4.69) is 10.3 Å². The second-order valence-electron chi connectivity index (χ2n) is 12.5. The average Bonchev–Trinajstić information content (AvgIpc) is 3.21. The van der Waals surface area contributed by atoms with Crippen molar-refractivity contribution in [2.24, 2.45) is 0 Å². The van der Waals surface area contributed by atoms with Gasteiger partial charge in [0.25, 0.3) is 11.1 Å². The number of pyridine rings is 3. The molecule has 0 bridgehead atoms. The van der Waals surface area contributed by atoms with Gasteiger partial charge in [0.05, 0.1) is 69.2 Å². The number of methoxy groups -OCH3 is 4. The Morgan fingerprint density at radius 2 is 1.13 bits per heavy atom. The van der Waals surface area contributed by atoms with E-state index in [0.29, 0.717) is 29.7 Å². The fourth-order valence-electron chi connectivity index (χ4n) is 6.78. The third-order valence-corrected chi connectivity index (χ3v) is 9.51. The highest BCUT2D eigenvalue weighted by atomic mass is 16.5. The molecule has 4 heterocycles.